The van der Waals surface area contributed by atoms with Gasteiger partial charge in [-0.25, -0.2) is 0 Å². The molecule has 5 nitrogen and oxygen atoms in total. The van der Waals surface area contributed by atoms with Gasteiger partial charge in [-0.2, -0.15) is 0 Å². The molecule has 188 valence electrons. The van der Waals surface area contributed by atoms with Crippen LogP contribution in [0.2, 0.25) is 0 Å². The first kappa shape index (κ1) is 21.7. The summed E-state index contributed by atoms with van der Waals surface area (Å²) >= 11 is 0. The quantitative estimate of drug-likeness (QED) is 0.610. The third-order valence-electron chi connectivity index (χ3n) is 11.2. The summed E-state index contributed by atoms with van der Waals surface area (Å²) in [4.78, 5) is 2.76. The fourth-order valence-electron chi connectivity index (χ4n) is 9.54. The number of likely N-dealkylation sites (tertiary alicyclic amines) is 1. The highest BCUT2D eigenvalue weighted by molar-refractivity contribution is 5.65. The first-order valence-electron chi connectivity index (χ1n) is 13.6. The van der Waals surface area contributed by atoms with E-state index in [1.54, 1.807) is 7.11 Å². The predicted molar refractivity (Wildman–Crippen MR) is 136 cm³/mol. The van der Waals surface area contributed by atoms with Crippen LogP contribution in [0.15, 0.2) is 54.6 Å². The summed E-state index contributed by atoms with van der Waals surface area (Å²) in [6.07, 6.45) is 9.13. The van der Waals surface area contributed by atoms with Gasteiger partial charge in [-0.1, -0.05) is 55.5 Å². The van der Waals surface area contributed by atoms with E-state index in [9.17, 15) is 10.2 Å². The standard InChI is InChI=1S/C31H35NO4/c1-28(26(34)20-6-4-3-5-7-20)18-29-12-13-31(28,35-2)27-30(29)14-15-32(17-19-8-9-19)23(29)16-21-10-11-22(33)25(36-27)24(21)30/h3-7,10-13,19,23,26-27,33-34H,8-9,14-18H2,1-2H3/t23-,26-,27-,28-,29-,30+,31-/m1/s1. The van der Waals surface area contributed by atoms with Crippen LogP contribution in [-0.2, 0) is 16.6 Å². The van der Waals surface area contributed by atoms with E-state index in [0.717, 1.165) is 43.8 Å². The number of methoxy groups -OCH3 is 1. The van der Waals surface area contributed by atoms with Crippen molar-refractivity contribution in [3.8, 4) is 11.5 Å². The molecule has 5 heteroatoms. The number of phenols is 1. The largest absolute Gasteiger partial charge is 0.504 e. The Bertz CT molecular complexity index is 1290. The van der Waals surface area contributed by atoms with Gasteiger partial charge in [0, 0.05) is 36.1 Å². The van der Waals surface area contributed by atoms with Crippen molar-refractivity contribution in [1.29, 1.82) is 0 Å². The molecule has 2 heterocycles. The van der Waals surface area contributed by atoms with E-state index < -0.39 is 17.1 Å². The van der Waals surface area contributed by atoms with Gasteiger partial charge in [-0.15, -0.1) is 0 Å². The molecule has 1 saturated heterocycles. The maximum Gasteiger partial charge on any atom is 0.165 e. The maximum absolute atomic E-state index is 12.1. The monoisotopic (exact) mass is 485 g/mol. The topological polar surface area (TPSA) is 62.2 Å². The molecule has 0 amide bonds. The Hall–Kier alpha value is -2.34. The number of hydrogen-bond donors (Lipinski definition) is 2. The molecule has 2 saturated carbocycles. The molecule has 4 bridgehead atoms. The fourth-order valence-corrected chi connectivity index (χ4v) is 9.54. The number of aromatic hydroxyl groups is 1. The van der Waals surface area contributed by atoms with Crippen molar-refractivity contribution >= 4 is 0 Å². The zero-order valence-corrected chi connectivity index (χ0v) is 21.1. The minimum absolute atomic E-state index is 0.193. The van der Waals surface area contributed by atoms with Crippen molar-refractivity contribution < 1.29 is 19.7 Å². The van der Waals surface area contributed by atoms with Crippen LogP contribution >= 0.6 is 0 Å². The molecule has 0 aromatic heterocycles. The number of benzene rings is 2. The summed E-state index contributed by atoms with van der Waals surface area (Å²) in [5, 5.41) is 23.1. The molecule has 0 unspecified atom stereocenters. The molecule has 0 radical (unpaired) electrons. The smallest absolute Gasteiger partial charge is 0.165 e. The molecular weight excluding hydrogens is 450 g/mol. The number of piperidine rings is 1. The molecule has 2 N–H and O–H groups in total. The summed E-state index contributed by atoms with van der Waals surface area (Å²) < 4.78 is 13.4. The van der Waals surface area contributed by atoms with Crippen LogP contribution < -0.4 is 4.74 Å². The van der Waals surface area contributed by atoms with Crippen LogP contribution in [0.3, 0.4) is 0 Å². The number of nitrogens with zero attached hydrogens (tertiary/aromatic N) is 1. The van der Waals surface area contributed by atoms with E-state index in [-0.39, 0.29) is 22.7 Å². The van der Waals surface area contributed by atoms with Crippen LogP contribution in [0.1, 0.15) is 55.4 Å². The van der Waals surface area contributed by atoms with Crippen molar-refractivity contribution in [2.45, 2.75) is 68.3 Å². The summed E-state index contributed by atoms with van der Waals surface area (Å²) in [7, 11) is 1.77. The maximum atomic E-state index is 12.1. The lowest BCUT2D eigenvalue weighted by molar-refractivity contribution is -0.270. The lowest BCUT2D eigenvalue weighted by Crippen LogP contribution is -2.81. The van der Waals surface area contributed by atoms with Crippen LogP contribution in [0.25, 0.3) is 0 Å². The molecular formula is C31H35NO4. The van der Waals surface area contributed by atoms with Crippen molar-refractivity contribution in [1.82, 2.24) is 4.90 Å². The molecule has 2 spiro atoms. The molecule has 2 aliphatic heterocycles. The molecule has 2 aromatic rings. The van der Waals surface area contributed by atoms with E-state index >= 15 is 0 Å². The summed E-state index contributed by atoms with van der Waals surface area (Å²) in [5.74, 6) is 1.69. The molecule has 3 fully saturated rings. The third kappa shape index (κ3) is 2.22. The van der Waals surface area contributed by atoms with E-state index in [0.29, 0.717) is 11.8 Å². The second-order valence-corrected chi connectivity index (χ2v) is 12.6. The van der Waals surface area contributed by atoms with Gasteiger partial charge in [0.2, 0.25) is 0 Å². The molecule has 9 rings (SSSR count). The van der Waals surface area contributed by atoms with Gasteiger partial charge < -0.3 is 19.7 Å². The molecule has 7 atom stereocenters. The van der Waals surface area contributed by atoms with Gasteiger partial charge in [0.05, 0.1) is 11.5 Å². The van der Waals surface area contributed by atoms with Crippen molar-refractivity contribution in [3.05, 3.63) is 71.3 Å². The number of aliphatic hydroxyl groups is 1. The van der Waals surface area contributed by atoms with Crippen LogP contribution in [0.4, 0.5) is 0 Å². The Kier molecular flexibility index (Phi) is 4.07. The fraction of sp³-hybridized carbons (Fsp3) is 0.548. The normalized spacial score (nSPS) is 42.2. The van der Waals surface area contributed by atoms with Crippen LogP contribution in [0.5, 0.6) is 11.5 Å². The highest BCUT2D eigenvalue weighted by Gasteiger charge is 2.82. The zero-order chi connectivity index (χ0) is 24.5. The van der Waals surface area contributed by atoms with Gasteiger partial charge in [-0.3, -0.25) is 4.90 Å². The number of fused-ring (bicyclic) bond motifs is 1. The lowest BCUT2D eigenvalue weighted by Gasteiger charge is -2.74. The Morgan fingerprint density at radius 1 is 1.14 bits per heavy atom. The number of aliphatic hydroxyl groups excluding tert-OH is 1. The number of hydrogen-bond acceptors (Lipinski definition) is 5. The Balaban J connectivity index is 1.38. The molecule has 7 aliphatic rings. The second-order valence-electron chi connectivity index (χ2n) is 12.6. The zero-order valence-electron chi connectivity index (χ0n) is 21.1. The lowest BCUT2D eigenvalue weighted by atomic mass is 9.33. The van der Waals surface area contributed by atoms with Crippen LogP contribution in [0, 0.1) is 16.7 Å². The second kappa shape index (κ2) is 6.75. The number of ether oxygens (including phenoxy) is 2. The van der Waals surface area contributed by atoms with Gasteiger partial charge in [0.25, 0.3) is 0 Å². The van der Waals surface area contributed by atoms with Gasteiger partial charge in [-0.05, 0) is 61.8 Å². The van der Waals surface area contributed by atoms with E-state index in [4.69, 9.17) is 9.47 Å². The highest BCUT2D eigenvalue weighted by atomic mass is 16.6. The number of phenolic OH excluding ortho intramolecular Hbond substituents is 1. The van der Waals surface area contributed by atoms with Crippen LogP contribution in [-0.4, -0.2) is 53.1 Å². The van der Waals surface area contributed by atoms with E-state index in [1.165, 1.54) is 24.0 Å². The summed E-state index contributed by atoms with van der Waals surface area (Å²) in [6.45, 7) is 4.41. The van der Waals surface area contributed by atoms with E-state index in [2.05, 4.69) is 30.0 Å². The summed E-state index contributed by atoms with van der Waals surface area (Å²) in [5.41, 5.74) is 1.56. The van der Waals surface area contributed by atoms with E-state index in [1.807, 2.05) is 36.4 Å². The Morgan fingerprint density at radius 3 is 2.69 bits per heavy atom. The Labute approximate surface area is 212 Å². The third-order valence-corrected chi connectivity index (χ3v) is 11.2. The SMILES string of the molecule is CO[C@@]12C=C[C@@]3(C[C@]1(C)[C@H](O)c1ccccc1)[C@H]1Cc4ccc(O)c5c4[C@@]3(CCN1CC1CC1)[C@H]2O5. The predicted octanol–water partition coefficient (Wildman–Crippen LogP) is 4.52. The Morgan fingerprint density at radius 2 is 1.94 bits per heavy atom. The van der Waals surface area contributed by atoms with Crippen molar-refractivity contribution in [3.63, 3.8) is 0 Å². The van der Waals surface area contributed by atoms with Gasteiger partial charge in [0.15, 0.2) is 11.5 Å². The number of rotatable bonds is 5. The first-order chi connectivity index (χ1) is 17.4. The van der Waals surface area contributed by atoms with Crippen molar-refractivity contribution in [2.75, 3.05) is 20.2 Å². The summed E-state index contributed by atoms with van der Waals surface area (Å²) in [6, 6.07) is 14.3. The van der Waals surface area contributed by atoms with Gasteiger partial charge >= 0.3 is 0 Å². The first-order valence-corrected chi connectivity index (χ1v) is 13.6. The molecule has 2 aromatic carbocycles. The van der Waals surface area contributed by atoms with Crippen molar-refractivity contribution in [2.24, 2.45) is 16.7 Å². The average molecular weight is 486 g/mol. The molecule has 36 heavy (non-hydrogen) atoms. The minimum Gasteiger partial charge on any atom is -0.504 e. The highest BCUT2D eigenvalue weighted by Crippen LogP contribution is 2.78. The van der Waals surface area contributed by atoms with Gasteiger partial charge in [0.1, 0.15) is 11.7 Å². The average Bonchev–Trinajstić information content (AvgIpc) is 3.64. The minimum atomic E-state index is -0.826. The molecule has 5 aliphatic carbocycles.